The van der Waals surface area contributed by atoms with Gasteiger partial charge in [0.25, 0.3) is 5.91 Å². The first-order valence-corrected chi connectivity index (χ1v) is 15.8. The summed E-state index contributed by atoms with van der Waals surface area (Å²) in [5, 5.41) is 11.9. The molecule has 1 saturated heterocycles. The van der Waals surface area contributed by atoms with Crippen LogP contribution in [0.5, 0.6) is 0 Å². The van der Waals surface area contributed by atoms with Crippen molar-refractivity contribution in [3.05, 3.63) is 48.0 Å². The summed E-state index contributed by atoms with van der Waals surface area (Å²) >= 11 is 0. The maximum absolute atomic E-state index is 13.4. The van der Waals surface area contributed by atoms with Gasteiger partial charge in [-0.25, -0.2) is 21.6 Å². The van der Waals surface area contributed by atoms with Crippen molar-refractivity contribution >= 4 is 43.0 Å². The van der Waals surface area contributed by atoms with Gasteiger partial charge in [0.15, 0.2) is 0 Å². The van der Waals surface area contributed by atoms with Crippen molar-refractivity contribution in [2.24, 2.45) is 5.41 Å². The molecule has 1 aliphatic heterocycles. The number of piperidine rings is 1. The summed E-state index contributed by atoms with van der Waals surface area (Å²) in [6.45, 7) is 6.24. The maximum Gasteiger partial charge on any atom is 0.257 e. The van der Waals surface area contributed by atoms with Crippen molar-refractivity contribution in [3.8, 4) is 0 Å². The van der Waals surface area contributed by atoms with Gasteiger partial charge in [0.1, 0.15) is 0 Å². The summed E-state index contributed by atoms with van der Waals surface area (Å²) < 4.78 is 55.1. The molecule has 4 N–H and O–H groups in total. The van der Waals surface area contributed by atoms with Crippen LogP contribution in [0.3, 0.4) is 0 Å². The lowest BCUT2D eigenvalue weighted by atomic mass is 9.93. The van der Waals surface area contributed by atoms with E-state index in [1.807, 2.05) is 0 Å². The van der Waals surface area contributed by atoms with E-state index < -0.39 is 43.9 Å². The van der Waals surface area contributed by atoms with Crippen LogP contribution in [0.25, 0.3) is 0 Å². The minimum absolute atomic E-state index is 0.0323. The van der Waals surface area contributed by atoms with Gasteiger partial charge >= 0.3 is 0 Å². The van der Waals surface area contributed by atoms with Crippen LogP contribution in [-0.4, -0.2) is 58.8 Å². The van der Waals surface area contributed by atoms with Crippen LogP contribution in [-0.2, 0) is 20.0 Å². The van der Waals surface area contributed by atoms with E-state index in [1.54, 1.807) is 45.0 Å². The Bertz CT molecular complexity index is 1400. The number of benzene rings is 2. The number of nitrogens with zero attached hydrogens (tertiary/aromatic N) is 1. The van der Waals surface area contributed by atoms with Gasteiger partial charge in [-0.1, -0.05) is 6.07 Å². The second-order valence-electron chi connectivity index (χ2n) is 11.2. The van der Waals surface area contributed by atoms with Gasteiger partial charge in [0.05, 0.1) is 34.2 Å². The zero-order chi connectivity index (χ0) is 27.8. The van der Waals surface area contributed by atoms with E-state index in [1.165, 1.54) is 31.0 Å². The number of aliphatic hydroxyl groups is 1. The fraction of sp³-hybridized carbons (Fsp3) is 0.500. The number of hydrogen-bond acceptors (Lipinski definition) is 7. The summed E-state index contributed by atoms with van der Waals surface area (Å²) in [5.41, 5.74) is 1.31. The topological polar surface area (TPSA) is 145 Å². The normalized spacial score (nSPS) is 17.3. The number of carbonyl (C=O) groups excluding carboxylic acids is 1. The van der Waals surface area contributed by atoms with Crippen LogP contribution >= 0.6 is 0 Å². The Morgan fingerprint density at radius 2 is 1.66 bits per heavy atom. The molecule has 1 heterocycles. The molecule has 1 spiro atoms. The third kappa shape index (κ3) is 7.04. The Labute approximate surface area is 224 Å². The molecule has 208 valence electrons. The van der Waals surface area contributed by atoms with Crippen LogP contribution in [0.2, 0.25) is 0 Å². The average Bonchev–Trinajstić information content (AvgIpc) is 3.56. The maximum atomic E-state index is 13.4. The monoisotopic (exact) mass is 564 g/mol. The first-order valence-electron chi connectivity index (χ1n) is 12.7. The third-order valence-electron chi connectivity index (χ3n) is 6.84. The molecule has 0 bridgehead atoms. The highest BCUT2D eigenvalue weighted by Gasteiger charge is 2.44. The molecule has 38 heavy (non-hydrogen) atoms. The number of carbonyl (C=O) groups is 1. The molecule has 0 radical (unpaired) electrons. The first-order chi connectivity index (χ1) is 17.7. The van der Waals surface area contributed by atoms with E-state index in [9.17, 15) is 21.6 Å². The van der Waals surface area contributed by atoms with E-state index >= 15 is 0 Å². The number of sulfonamides is 2. The van der Waals surface area contributed by atoms with E-state index in [2.05, 4.69) is 19.7 Å². The number of aliphatic hydroxyl groups excluding tert-OH is 1. The lowest BCUT2D eigenvalue weighted by Crippen LogP contribution is -2.40. The quantitative estimate of drug-likeness (QED) is 0.366. The predicted molar refractivity (Wildman–Crippen MR) is 149 cm³/mol. The van der Waals surface area contributed by atoms with E-state index in [0.717, 1.165) is 25.9 Å². The molecule has 1 amide bonds. The lowest BCUT2D eigenvalue weighted by molar-refractivity contribution is 0.102. The van der Waals surface area contributed by atoms with Crippen molar-refractivity contribution in [1.82, 2.24) is 4.72 Å². The first kappa shape index (κ1) is 28.3. The molecule has 10 nitrogen and oxygen atoms in total. The zero-order valence-corrected chi connectivity index (χ0v) is 23.6. The Morgan fingerprint density at radius 3 is 2.26 bits per heavy atom. The van der Waals surface area contributed by atoms with Gasteiger partial charge in [-0.3, -0.25) is 9.52 Å². The highest BCUT2D eigenvalue weighted by atomic mass is 32.2. The largest absolute Gasteiger partial charge is 0.395 e. The molecule has 0 aromatic heterocycles. The molecule has 2 fully saturated rings. The fourth-order valence-corrected chi connectivity index (χ4v) is 6.99. The van der Waals surface area contributed by atoms with E-state index in [4.69, 9.17) is 5.11 Å². The molecule has 2 aromatic rings. The van der Waals surface area contributed by atoms with Crippen LogP contribution in [0.4, 0.5) is 17.1 Å². The highest BCUT2D eigenvalue weighted by molar-refractivity contribution is 7.92. The Morgan fingerprint density at radius 1 is 0.974 bits per heavy atom. The number of amides is 1. The summed E-state index contributed by atoms with van der Waals surface area (Å²) in [6, 6.07) is 10.8. The lowest BCUT2D eigenvalue weighted by Gasteiger charge is -2.35. The summed E-state index contributed by atoms with van der Waals surface area (Å²) in [4.78, 5) is 15.6. The average molecular weight is 565 g/mol. The molecule has 2 aliphatic rings. The molecule has 12 heteroatoms. The number of nitrogens with one attached hydrogen (secondary N) is 3. The van der Waals surface area contributed by atoms with Crippen LogP contribution < -0.4 is 19.7 Å². The van der Waals surface area contributed by atoms with Crippen molar-refractivity contribution in [2.75, 3.05) is 40.4 Å². The minimum atomic E-state index is -3.79. The van der Waals surface area contributed by atoms with Crippen LogP contribution in [0.1, 0.15) is 56.8 Å². The van der Waals surface area contributed by atoms with Gasteiger partial charge in [-0.2, -0.15) is 0 Å². The van der Waals surface area contributed by atoms with Gasteiger partial charge in [0.2, 0.25) is 20.0 Å². The number of anilines is 3. The smallest absolute Gasteiger partial charge is 0.257 e. The number of hydrogen-bond donors (Lipinski definition) is 4. The van der Waals surface area contributed by atoms with Crippen molar-refractivity contribution in [2.45, 2.75) is 56.9 Å². The van der Waals surface area contributed by atoms with Crippen molar-refractivity contribution < 1.29 is 26.7 Å². The molecule has 1 saturated carbocycles. The molecule has 0 atom stereocenters. The van der Waals surface area contributed by atoms with Gasteiger partial charge in [-0.05, 0) is 88.3 Å². The number of rotatable bonds is 9. The Balaban J connectivity index is 1.61. The molecular weight excluding hydrogens is 528 g/mol. The second kappa shape index (κ2) is 10.5. The summed E-state index contributed by atoms with van der Waals surface area (Å²) in [5.74, 6) is -0.866. The second-order valence-corrected chi connectivity index (χ2v) is 14.7. The van der Waals surface area contributed by atoms with Crippen molar-refractivity contribution in [1.29, 1.82) is 0 Å². The SMILES string of the molecule is CC(C)(C)NS(=O)(=O)c1cccc(NC(=O)c2ccc(NS(=O)(=O)CCO)cc2N2CCC3(CC2)CC3)c1. The molecule has 4 rings (SSSR count). The van der Waals surface area contributed by atoms with Crippen LogP contribution in [0, 0.1) is 5.41 Å². The van der Waals surface area contributed by atoms with Gasteiger partial charge in [0, 0.05) is 24.3 Å². The summed E-state index contributed by atoms with van der Waals surface area (Å²) in [7, 11) is -7.53. The van der Waals surface area contributed by atoms with E-state index in [-0.39, 0.29) is 4.90 Å². The minimum Gasteiger partial charge on any atom is -0.395 e. The third-order valence-corrected chi connectivity index (χ3v) is 9.86. The zero-order valence-electron chi connectivity index (χ0n) is 22.0. The molecule has 0 unspecified atom stereocenters. The standard InChI is InChI=1S/C26H36N4O6S2/c1-25(2,3)29-38(35,36)21-6-4-5-19(17-21)27-24(32)22-8-7-20(28-37(33,34)16-15-31)18-23(22)30-13-11-26(9-10-26)12-14-30/h4-8,17-18,28-29,31H,9-16H2,1-3H3,(H,27,32). The fourth-order valence-electron chi connectivity index (χ4n) is 4.70. The van der Waals surface area contributed by atoms with E-state index in [0.29, 0.717) is 28.0 Å². The Hall–Kier alpha value is -2.67. The Kier molecular flexibility index (Phi) is 7.81. The molecule has 2 aromatic carbocycles. The highest BCUT2D eigenvalue weighted by Crippen LogP contribution is 2.54. The molecule has 1 aliphatic carbocycles. The summed E-state index contributed by atoms with van der Waals surface area (Å²) in [6.07, 6.45) is 4.46. The van der Waals surface area contributed by atoms with Gasteiger partial charge < -0.3 is 15.3 Å². The van der Waals surface area contributed by atoms with Gasteiger partial charge in [-0.15, -0.1) is 0 Å². The van der Waals surface area contributed by atoms with Crippen molar-refractivity contribution in [3.63, 3.8) is 0 Å². The predicted octanol–water partition coefficient (Wildman–Crippen LogP) is 3.13. The molecular formula is C26H36N4O6S2. The van der Waals surface area contributed by atoms with Crippen LogP contribution in [0.15, 0.2) is 47.4 Å².